The molecule has 20 heavy (non-hydrogen) atoms. The molecule has 0 aliphatic heterocycles. The lowest BCUT2D eigenvalue weighted by Gasteiger charge is -2.11. The second-order valence-electron chi connectivity index (χ2n) is 4.25. The maximum absolute atomic E-state index is 11.8. The number of aromatic nitrogens is 1. The highest BCUT2D eigenvalue weighted by Gasteiger charge is 2.14. The predicted octanol–water partition coefficient (Wildman–Crippen LogP) is 1.28. The first-order chi connectivity index (χ1) is 9.70. The molecule has 0 spiro atoms. The van der Waals surface area contributed by atoms with Crippen molar-refractivity contribution >= 4 is 5.91 Å². The standard InChI is InChI=1S/C14H16N2O4/c1-19-9-11-7-12(16-20-11)14(18)15-8-13(17)10-5-3-2-4-6-10/h2-7,13,17H,8-9H2,1H3,(H,15,18). The van der Waals surface area contributed by atoms with E-state index in [1.807, 2.05) is 18.2 Å². The molecule has 0 saturated carbocycles. The Kier molecular flexibility index (Phi) is 4.86. The first kappa shape index (κ1) is 14.2. The molecule has 2 rings (SSSR count). The highest BCUT2D eigenvalue weighted by atomic mass is 16.5. The van der Waals surface area contributed by atoms with Crippen molar-refractivity contribution in [2.75, 3.05) is 13.7 Å². The fraction of sp³-hybridized carbons (Fsp3) is 0.286. The van der Waals surface area contributed by atoms with Crippen LogP contribution in [0.2, 0.25) is 0 Å². The van der Waals surface area contributed by atoms with Gasteiger partial charge in [0.2, 0.25) is 0 Å². The Labute approximate surface area is 116 Å². The second kappa shape index (κ2) is 6.83. The third kappa shape index (κ3) is 3.66. The average molecular weight is 276 g/mol. The number of aliphatic hydroxyl groups excluding tert-OH is 1. The van der Waals surface area contributed by atoms with Gasteiger partial charge in [-0.1, -0.05) is 35.5 Å². The molecule has 1 aromatic heterocycles. The number of nitrogens with one attached hydrogen (secondary N) is 1. The van der Waals surface area contributed by atoms with Crippen LogP contribution in [0, 0.1) is 0 Å². The average Bonchev–Trinajstić information content (AvgIpc) is 2.94. The van der Waals surface area contributed by atoms with Gasteiger partial charge in [0.15, 0.2) is 11.5 Å². The van der Waals surface area contributed by atoms with Crippen LogP contribution in [0.15, 0.2) is 40.9 Å². The van der Waals surface area contributed by atoms with Crippen molar-refractivity contribution in [2.24, 2.45) is 0 Å². The van der Waals surface area contributed by atoms with E-state index >= 15 is 0 Å². The zero-order chi connectivity index (χ0) is 14.4. The van der Waals surface area contributed by atoms with Crippen molar-refractivity contribution < 1.29 is 19.2 Å². The van der Waals surface area contributed by atoms with Crippen LogP contribution in [0.3, 0.4) is 0 Å². The minimum absolute atomic E-state index is 0.106. The number of carbonyl (C=O) groups is 1. The molecule has 1 amide bonds. The van der Waals surface area contributed by atoms with Crippen LogP contribution in [0.25, 0.3) is 0 Å². The molecule has 0 radical (unpaired) electrons. The molecule has 0 aliphatic rings. The second-order valence-corrected chi connectivity index (χ2v) is 4.25. The molecule has 2 aromatic rings. The summed E-state index contributed by atoms with van der Waals surface area (Å²) >= 11 is 0. The number of amides is 1. The summed E-state index contributed by atoms with van der Waals surface area (Å²) in [6.45, 7) is 0.363. The number of nitrogens with zero attached hydrogens (tertiary/aromatic N) is 1. The Balaban J connectivity index is 1.88. The van der Waals surface area contributed by atoms with Crippen molar-refractivity contribution in [1.82, 2.24) is 10.5 Å². The summed E-state index contributed by atoms with van der Waals surface area (Å²) in [6, 6.07) is 10.6. The van der Waals surface area contributed by atoms with Gasteiger partial charge in [0.05, 0.1) is 6.10 Å². The molecule has 1 atom stereocenters. The molecule has 2 N–H and O–H groups in total. The van der Waals surface area contributed by atoms with Crippen molar-refractivity contribution in [1.29, 1.82) is 0 Å². The van der Waals surface area contributed by atoms with Gasteiger partial charge in [0.25, 0.3) is 5.91 Å². The fourth-order valence-corrected chi connectivity index (χ4v) is 1.70. The summed E-state index contributed by atoms with van der Waals surface area (Å²) in [5.41, 5.74) is 0.908. The van der Waals surface area contributed by atoms with Crippen molar-refractivity contribution in [2.45, 2.75) is 12.7 Å². The van der Waals surface area contributed by atoms with E-state index in [-0.39, 0.29) is 18.8 Å². The van der Waals surface area contributed by atoms with Gasteiger partial charge in [-0.2, -0.15) is 0 Å². The van der Waals surface area contributed by atoms with Crippen molar-refractivity contribution in [3.63, 3.8) is 0 Å². The van der Waals surface area contributed by atoms with Gasteiger partial charge in [-0.05, 0) is 5.56 Å². The Hall–Kier alpha value is -2.18. The summed E-state index contributed by atoms with van der Waals surface area (Å²) in [5.74, 6) is 0.0762. The fourth-order valence-electron chi connectivity index (χ4n) is 1.70. The first-order valence-electron chi connectivity index (χ1n) is 6.16. The Morgan fingerprint density at radius 2 is 2.20 bits per heavy atom. The minimum Gasteiger partial charge on any atom is -0.387 e. The third-order valence-electron chi connectivity index (χ3n) is 2.72. The largest absolute Gasteiger partial charge is 0.387 e. The monoisotopic (exact) mass is 276 g/mol. The van der Waals surface area contributed by atoms with E-state index in [0.29, 0.717) is 5.76 Å². The van der Waals surface area contributed by atoms with Gasteiger partial charge in [-0.25, -0.2) is 0 Å². The van der Waals surface area contributed by atoms with Crippen LogP contribution >= 0.6 is 0 Å². The van der Waals surface area contributed by atoms with Crippen molar-refractivity contribution in [3.05, 3.63) is 53.4 Å². The SMILES string of the molecule is COCc1cc(C(=O)NCC(O)c2ccccc2)no1. The van der Waals surface area contributed by atoms with Crippen molar-refractivity contribution in [3.8, 4) is 0 Å². The molecule has 0 aliphatic carbocycles. The molecule has 6 heteroatoms. The topological polar surface area (TPSA) is 84.6 Å². The minimum atomic E-state index is -0.759. The number of hydrogen-bond donors (Lipinski definition) is 2. The summed E-state index contributed by atoms with van der Waals surface area (Å²) < 4.78 is 9.79. The molecular weight excluding hydrogens is 260 g/mol. The summed E-state index contributed by atoms with van der Waals surface area (Å²) in [5, 5.41) is 16.2. The number of benzene rings is 1. The quantitative estimate of drug-likeness (QED) is 0.830. The Morgan fingerprint density at radius 1 is 1.45 bits per heavy atom. The number of hydrogen-bond acceptors (Lipinski definition) is 5. The van der Waals surface area contributed by atoms with E-state index in [1.165, 1.54) is 13.2 Å². The molecule has 0 fully saturated rings. The lowest BCUT2D eigenvalue weighted by Crippen LogP contribution is -2.28. The normalized spacial score (nSPS) is 12.1. The lowest BCUT2D eigenvalue weighted by atomic mass is 10.1. The van der Waals surface area contributed by atoms with E-state index in [2.05, 4.69) is 10.5 Å². The van der Waals surface area contributed by atoms with Crippen LogP contribution in [-0.2, 0) is 11.3 Å². The van der Waals surface area contributed by atoms with Crippen LogP contribution in [0.4, 0.5) is 0 Å². The molecular formula is C14H16N2O4. The maximum atomic E-state index is 11.8. The Bertz CT molecular complexity index is 553. The number of aliphatic hydroxyl groups is 1. The number of ether oxygens (including phenoxy) is 1. The number of carbonyl (C=O) groups excluding carboxylic acids is 1. The van der Waals surface area contributed by atoms with Gasteiger partial charge >= 0.3 is 0 Å². The van der Waals surface area contributed by atoms with Gasteiger partial charge in [-0.15, -0.1) is 0 Å². The lowest BCUT2D eigenvalue weighted by molar-refractivity contribution is 0.0906. The predicted molar refractivity (Wildman–Crippen MR) is 71.0 cm³/mol. The van der Waals surface area contributed by atoms with Crippen LogP contribution in [0.5, 0.6) is 0 Å². The highest BCUT2D eigenvalue weighted by Crippen LogP contribution is 2.11. The number of rotatable bonds is 6. The molecule has 0 saturated heterocycles. The van der Waals surface area contributed by atoms with Gasteiger partial charge in [0.1, 0.15) is 6.61 Å². The van der Waals surface area contributed by atoms with E-state index < -0.39 is 12.0 Å². The molecule has 0 bridgehead atoms. The van der Waals surface area contributed by atoms with E-state index in [4.69, 9.17) is 9.26 Å². The van der Waals surface area contributed by atoms with E-state index in [9.17, 15) is 9.90 Å². The number of methoxy groups -OCH3 is 1. The van der Waals surface area contributed by atoms with E-state index in [0.717, 1.165) is 5.56 Å². The molecule has 1 aromatic carbocycles. The summed E-state index contributed by atoms with van der Waals surface area (Å²) in [6.07, 6.45) is -0.759. The van der Waals surface area contributed by atoms with Crippen LogP contribution in [0.1, 0.15) is 27.9 Å². The zero-order valence-corrected chi connectivity index (χ0v) is 11.1. The molecule has 6 nitrogen and oxygen atoms in total. The van der Waals surface area contributed by atoms with Crippen LogP contribution in [-0.4, -0.2) is 29.8 Å². The first-order valence-corrected chi connectivity index (χ1v) is 6.16. The van der Waals surface area contributed by atoms with Gasteiger partial charge in [0, 0.05) is 19.7 Å². The zero-order valence-electron chi connectivity index (χ0n) is 11.1. The molecule has 1 heterocycles. The maximum Gasteiger partial charge on any atom is 0.273 e. The van der Waals surface area contributed by atoms with E-state index in [1.54, 1.807) is 12.1 Å². The molecule has 1 unspecified atom stereocenters. The summed E-state index contributed by atoms with van der Waals surface area (Å²) in [4.78, 5) is 11.8. The molecule has 106 valence electrons. The summed E-state index contributed by atoms with van der Waals surface area (Å²) in [7, 11) is 1.53. The Morgan fingerprint density at radius 3 is 2.90 bits per heavy atom. The third-order valence-corrected chi connectivity index (χ3v) is 2.72. The highest BCUT2D eigenvalue weighted by molar-refractivity contribution is 5.92. The smallest absolute Gasteiger partial charge is 0.273 e. The van der Waals surface area contributed by atoms with Gasteiger partial charge in [-0.3, -0.25) is 4.79 Å². The van der Waals surface area contributed by atoms with Gasteiger partial charge < -0.3 is 19.7 Å². The van der Waals surface area contributed by atoms with Crippen LogP contribution < -0.4 is 5.32 Å².